The quantitative estimate of drug-likeness (QED) is 0.274. The van der Waals surface area contributed by atoms with Gasteiger partial charge < -0.3 is 13.9 Å². The van der Waals surface area contributed by atoms with Gasteiger partial charge in [0.05, 0.1) is 5.69 Å². The minimum Gasteiger partial charge on any atom is -0.536 e. The van der Waals surface area contributed by atoms with Gasteiger partial charge >= 0.3 is 7.05 Å². The Bertz CT molecular complexity index is 1770. The number of anilines is 2. The highest BCUT2D eigenvalue weighted by Crippen LogP contribution is 2.48. The molecule has 0 radical (unpaired) electrons. The summed E-state index contributed by atoms with van der Waals surface area (Å²) in [5.74, 6) is 0.895. The highest BCUT2D eigenvalue weighted by Gasteiger charge is 2.45. The van der Waals surface area contributed by atoms with Gasteiger partial charge in [0.15, 0.2) is 0 Å². The standard InChI is InChI=1S/C29H17BN2O2/c1-3-10-27-21(6-1)22-8-5-7-19(29(22)33-27)18-12-13-25-23(16-18)20-14-15-31-17-24(20)30-32(25)26-9-2-4-11-28(26)34-30/h1-17H. The van der Waals surface area contributed by atoms with Crippen LogP contribution in [0.2, 0.25) is 0 Å². The summed E-state index contributed by atoms with van der Waals surface area (Å²) in [6.07, 6.45) is 3.78. The van der Waals surface area contributed by atoms with Crippen LogP contribution in [0, 0.1) is 0 Å². The van der Waals surface area contributed by atoms with Crippen LogP contribution in [0.4, 0.5) is 11.4 Å². The van der Waals surface area contributed by atoms with Gasteiger partial charge in [-0.2, -0.15) is 0 Å². The lowest BCUT2D eigenvalue weighted by molar-refractivity contribution is 0.603. The molecule has 0 aliphatic carbocycles. The van der Waals surface area contributed by atoms with Crippen molar-refractivity contribution in [2.75, 3.05) is 4.81 Å². The third-order valence-corrected chi connectivity index (χ3v) is 6.98. The van der Waals surface area contributed by atoms with Crippen LogP contribution in [0.25, 0.3) is 44.2 Å². The molecule has 0 fully saturated rings. The van der Waals surface area contributed by atoms with Crippen LogP contribution in [0.15, 0.2) is 108 Å². The molecule has 0 unspecified atom stereocenters. The minimum absolute atomic E-state index is 0.210. The van der Waals surface area contributed by atoms with Crippen LogP contribution in [-0.2, 0) is 0 Å². The maximum absolute atomic E-state index is 6.37. The van der Waals surface area contributed by atoms with Crippen LogP contribution in [0.1, 0.15) is 0 Å². The number of benzene rings is 4. The molecular weight excluding hydrogens is 419 g/mol. The molecule has 0 saturated carbocycles. The molecule has 0 atom stereocenters. The third-order valence-electron chi connectivity index (χ3n) is 6.98. The van der Waals surface area contributed by atoms with E-state index in [0.717, 1.165) is 61.2 Å². The smallest absolute Gasteiger partial charge is 0.526 e. The fourth-order valence-corrected chi connectivity index (χ4v) is 5.47. The molecule has 0 bridgehead atoms. The SMILES string of the molecule is c1ccc2c(c1)OB1c3cnccc3-c3cc(-c4cccc5c4oc4ccccc45)ccc3N12. The summed E-state index contributed by atoms with van der Waals surface area (Å²) >= 11 is 0. The fourth-order valence-electron chi connectivity index (χ4n) is 5.47. The Kier molecular flexibility index (Phi) is 3.45. The largest absolute Gasteiger partial charge is 0.536 e. The lowest BCUT2D eigenvalue weighted by atomic mass is 9.65. The number of rotatable bonds is 1. The van der Waals surface area contributed by atoms with Crippen molar-refractivity contribution in [2.45, 2.75) is 0 Å². The summed E-state index contributed by atoms with van der Waals surface area (Å²) < 4.78 is 12.7. The molecule has 2 aliphatic rings. The molecule has 4 aromatic carbocycles. The normalized spacial score (nSPS) is 13.4. The van der Waals surface area contributed by atoms with Gasteiger partial charge in [0, 0.05) is 45.4 Å². The monoisotopic (exact) mass is 436 g/mol. The number of pyridine rings is 1. The van der Waals surface area contributed by atoms with Crippen LogP contribution in [0.3, 0.4) is 0 Å². The van der Waals surface area contributed by atoms with E-state index >= 15 is 0 Å². The predicted octanol–water partition coefficient (Wildman–Crippen LogP) is 6.55. The van der Waals surface area contributed by atoms with Gasteiger partial charge in [-0.15, -0.1) is 0 Å². The minimum atomic E-state index is -0.210. The van der Waals surface area contributed by atoms with Crippen molar-refractivity contribution in [3.63, 3.8) is 0 Å². The molecule has 6 aromatic rings. The number of hydrogen-bond donors (Lipinski definition) is 0. The number of aromatic nitrogens is 1. The Labute approximate surface area is 196 Å². The summed E-state index contributed by atoms with van der Waals surface area (Å²) in [6, 6.07) is 31.6. The van der Waals surface area contributed by atoms with Gasteiger partial charge in [0.2, 0.25) is 0 Å². The van der Waals surface area contributed by atoms with Gasteiger partial charge in [-0.25, -0.2) is 0 Å². The Balaban J connectivity index is 1.38. The number of nitrogens with zero attached hydrogens (tertiary/aromatic N) is 2. The third kappa shape index (κ3) is 2.31. The van der Waals surface area contributed by atoms with E-state index in [1.807, 2.05) is 36.7 Å². The van der Waals surface area contributed by atoms with E-state index in [1.165, 1.54) is 5.56 Å². The van der Waals surface area contributed by atoms with E-state index < -0.39 is 0 Å². The first-order valence-electron chi connectivity index (χ1n) is 11.4. The number of para-hydroxylation sites is 4. The van der Waals surface area contributed by atoms with Crippen LogP contribution in [0.5, 0.6) is 5.75 Å². The molecule has 0 amide bonds. The molecule has 2 aromatic heterocycles. The molecule has 34 heavy (non-hydrogen) atoms. The Morgan fingerprint density at radius 3 is 2.59 bits per heavy atom. The molecule has 8 rings (SSSR count). The molecule has 158 valence electrons. The average molecular weight is 436 g/mol. The Morgan fingerprint density at radius 1 is 0.706 bits per heavy atom. The summed E-state index contributed by atoms with van der Waals surface area (Å²) in [6.45, 7) is 0. The molecule has 0 N–H and O–H groups in total. The molecule has 0 saturated heterocycles. The van der Waals surface area contributed by atoms with E-state index in [9.17, 15) is 0 Å². The van der Waals surface area contributed by atoms with E-state index in [2.05, 4.69) is 76.5 Å². The zero-order valence-electron chi connectivity index (χ0n) is 18.1. The van der Waals surface area contributed by atoms with Gasteiger partial charge in [-0.3, -0.25) is 4.98 Å². The first-order valence-corrected chi connectivity index (χ1v) is 11.4. The van der Waals surface area contributed by atoms with Gasteiger partial charge in [0.1, 0.15) is 16.9 Å². The summed E-state index contributed by atoms with van der Waals surface area (Å²) in [4.78, 5) is 6.70. The summed E-state index contributed by atoms with van der Waals surface area (Å²) in [7, 11) is -0.210. The van der Waals surface area contributed by atoms with Crippen LogP contribution >= 0.6 is 0 Å². The molecule has 4 heterocycles. The number of hydrogen-bond acceptors (Lipinski definition) is 4. The van der Waals surface area contributed by atoms with E-state index in [4.69, 9.17) is 9.07 Å². The molecule has 4 nitrogen and oxygen atoms in total. The van der Waals surface area contributed by atoms with Gasteiger partial charge in [-0.1, -0.05) is 54.6 Å². The zero-order valence-corrected chi connectivity index (χ0v) is 18.1. The highest BCUT2D eigenvalue weighted by molar-refractivity contribution is 6.77. The maximum atomic E-state index is 6.37. The molecule has 0 spiro atoms. The van der Waals surface area contributed by atoms with Crippen molar-refractivity contribution in [3.8, 4) is 28.0 Å². The van der Waals surface area contributed by atoms with Crippen LogP contribution in [-0.4, -0.2) is 12.0 Å². The molecule has 5 heteroatoms. The van der Waals surface area contributed by atoms with Crippen molar-refractivity contribution in [1.82, 2.24) is 4.98 Å². The van der Waals surface area contributed by atoms with Gasteiger partial charge in [0.25, 0.3) is 0 Å². The first kappa shape index (κ1) is 18.0. The van der Waals surface area contributed by atoms with Gasteiger partial charge in [-0.05, 0) is 47.5 Å². The fraction of sp³-hybridized carbons (Fsp3) is 0. The first-order chi connectivity index (χ1) is 16.9. The highest BCUT2D eigenvalue weighted by atomic mass is 16.5. The van der Waals surface area contributed by atoms with E-state index in [1.54, 1.807) is 0 Å². The van der Waals surface area contributed by atoms with Crippen LogP contribution < -0.4 is 14.9 Å². The van der Waals surface area contributed by atoms with E-state index in [-0.39, 0.29) is 7.05 Å². The second kappa shape index (κ2) is 6.52. The van der Waals surface area contributed by atoms with Crippen molar-refractivity contribution in [3.05, 3.63) is 103 Å². The Morgan fingerprint density at radius 2 is 1.59 bits per heavy atom. The predicted molar refractivity (Wildman–Crippen MR) is 137 cm³/mol. The zero-order chi connectivity index (χ0) is 22.2. The second-order valence-electron chi connectivity index (χ2n) is 8.78. The summed E-state index contributed by atoms with van der Waals surface area (Å²) in [5.41, 5.74) is 9.65. The number of furan rings is 1. The van der Waals surface area contributed by atoms with Crippen molar-refractivity contribution in [1.29, 1.82) is 0 Å². The second-order valence-corrected chi connectivity index (χ2v) is 8.78. The Hall–Kier alpha value is -4.51. The van der Waals surface area contributed by atoms with E-state index in [0.29, 0.717) is 0 Å². The molecule has 2 aliphatic heterocycles. The topological polar surface area (TPSA) is 38.5 Å². The lowest BCUT2D eigenvalue weighted by Gasteiger charge is -2.31. The van der Waals surface area contributed by atoms with Crippen molar-refractivity contribution in [2.24, 2.45) is 0 Å². The lowest BCUT2D eigenvalue weighted by Crippen LogP contribution is -2.50. The maximum Gasteiger partial charge on any atom is 0.526 e. The molecular formula is C29H17BN2O2. The van der Waals surface area contributed by atoms with Crippen molar-refractivity contribution >= 4 is 45.8 Å². The average Bonchev–Trinajstić information content (AvgIpc) is 3.48. The number of fused-ring (bicyclic) bond motifs is 11. The summed E-state index contributed by atoms with van der Waals surface area (Å²) in [5, 5.41) is 2.28. The van der Waals surface area contributed by atoms with Crippen molar-refractivity contribution < 1.29 is 9.07 Å².